The fourth-order valence-electron chi connectivity index (χ4n) is 2.86. The van der Waals surface area contributed by atoms with Gasteiger partial charge in [-0.1, -0.05) is 35.9 Å². The maximum Gasteiger partial charge on any atom is 0.289 e. The molecule has 0 unspecified atom stereocenters. The lowest BCUT2D eigenvalue weighted by atomic mass is 10.1. The Morgan fingerprint density at radius 2 is 1.88 bits per heavy atom. The number of aromatic amines is 1. The molecule has 0 saturated heterocycles. The normalized spacial score (nSPS) is 10.9. The molecule has 1 aromatic heterocycles. The molecule has 0 fully saturated rings. The Hall–Kier alpha value is -4.10. The van der Waals surface area contributed by atoms with E-state index in [1.807, 2.05) is 48.5 Å². The number of halogens is 1. The van der Waals surface area contributed by atoms with E-state index < -0.39 is 5.91 Å². The van der Waals surface area contributed by atoms with Crippen LogP contribution in [0.2, 0.25) is 5.02 Å². The third-order valence-corrected chi connectivity index (χ3v) is 4.80. The van der Waals surface area contributed by atoms with Crippen molar-refractivity contribution in [2.75, 3.05) is 0 Å². The Kier molecular flexibility index (Phi) is 6.48. The maximum absolute atomic E-state index is 12.3. The van der Waals surface area contributed by atoms with Gasteiger partial charge in [-0.3, -0.25) is 9.89 Å². The van der Waals surface area contributed by atoms with Crippen LogP contribution in [0.25, 0.3) is 11.3 Å². The number of hydrogen-bond acceptors (Lipinski definition) is 5. The predicted molar refractivity (Wildman–Crippen MR) is 123 cm³/mol. The number of aromatic hydroxyl groups is 1. The number of phenols is 1. The molecule has 0 aliphatic carbocycles. The van der Waals surface area contributed by atoms with Crippen molar-refractivity contribution in [3.05, 3.63) is 101 Å². The van der Waals surface area contributed by atoms with Gasteiger partial charge in [0.1, 0.15) is 23.8 Å². The SMILES string of the molecule is O=C(N/N=C/c1ccc(O)cc1)c1cc(-c2cccc(OCc3ccc(Cl)cc3)c2)n[nH]1. The average molecular weight is 447 g/mol. The molecule has 0 spiro atoms. The van der Waals surface area contributed by atoms with E-state index in [1.165, 1.54) is 18.3 Å². The van der Waals surface area contributed by atoms with Crippen molar-refractivity contribution < 1.29 is 14.6 Å². The van der Waals surface area contributed by atoms with Crippen molar-refractivity contribution in [2.45, 2.75) is 6.61 Å². The molecule has 4 rings (SSSR count). The number of hydrogen-bond donors (Lipinski definition) is 3. The van der Waals surface area contributed by atoms with E-state index in [9.17, 15) is 9.90 Å². The first-order valence-electron chi connectivity index (χ1n) is 9.72. The van der Waals surface area contributed by atoms with Crippen LogP contribution in [-0.2, 0) is 6.61 Å². The highest BCUT2D eigenvalue weighted by atomic mass is 35.5. The van der Waals surface area contributed by atoms with E-state index in [1.54, 1.807) is 18.2 Å². The van der Waals surface area contributed by atoms with Crippen LogP contribution in [0.4, 0.5) is 0 Å². The van der Waals surface area contributed by atoms with Crippen molar-refractivity contribution in [1.82, 2.24) is 15.6 Å². The van der Waals surface area contributed by atoms with Crippen molar-refractivity contribution >= 4 is 23.7 Å². The number of H-pyrrole nitrogens is 1. The summed E-state index contributed by atoms with van der Waals surface area (Å²) in [5.41, 5.74) is 5.88. The van der Waals surface area contributed by atoms with E-state index in [-0.39, 0.29) is 11.4 Å². The van der Waals surface area contributed by atoms with Gasteiger partial charge < -0.3 is 9.84 Å². The van der Waals surface area contributed by atoms with Crippen molar-refractivity contribution in [3.63, 3.8) is 0 Å². The molecule has 8 heteroatoms. The molecular formula is C24H19ClN4O3. The Morgan fingerprint density at radius 3 is 2.66 bits per heavy atom. The highest BCUT2D eigenvalue weighted by Gasteiger charge is 2.11. The lowest BCUT2D eigenvalue weighted by Crippen LogP contribution is -2.17. The van der Waals surface area contributed by atoms with E-state index in [4.69, 9.17) is 16.3 Å². The van der Waals surface area contributed by atoms with Gasteiger partial charge in [-0.05, 0) is 65.7 Å². The molecule has 0 radical (unpaired) electrons. The number of aromatic nitrogens is 2. The minimum absolute atomic E-state index is 0.163. The summed E-state index contributed by atoms with van der Waals surface area (Å²) in [5.74, 6) is 0.425. The van der Waals surface area contributed by atoms with Gasteiger partial charge in [0.2, 0.25) is 0 Å². The van der Waals surface area contributed by atoms with Crippen molar-refractivity contribution in [3.8, 4) is 22.8 Å². The highest BCUT2D eigenvalue weighted by Crippen LogP contribution is 2.24. The third-order valence-electron chi connectivity index (χ3n) is 4.54. The zero-order chi connectivity index (χ0) is 22.3. The van der Waals surface area contributed by atoms with Crippen LogP contribution in [0.1, 0.15) is 21.6 Å². The minimum atomic E-state index is -0.422. The molecule has 3 N–H and O–H groups in total. The van der Waals surface area contributed by atoms with E-state index in [0.29, 0.717) is 23.1 Å². The van der Waals surface area contributed by atoms with Crippen LogP contribution in [-0.4, -0.2) is 27.4 Å². The standard InChI is InChI=1S/C24H19ClN4O3/c25-19-8-4-17(5-9-19)15-32-21-3-1-2-18(12-21)22-13-23(28-27-22)24(31)29-26-14-16-6-10-20(30)11-7-16/h1-14,30H,15H2,(H,27,28)(H,29,31)/b26-14+. The summed E-state index contributed by atoms with van der Waals surface area (Å²) in [5, 5.41) is 20.8. The number of carbonyl (C=O) groups excluding carboxylic acids is 1. The summed E-state index contributed by atoms with van der Waals surface area (Å²) < 4.78 is 5.86. The number of nitrogens with zero attached hydrogens (tertiary/aromatic N) is 2. The highest BCUT2D eigenvalue weighted by molar-refractivity contribution is 6.30. The van der Waals surface area contributed by atoms with Gasteiger partial charge in [-0.15, -0.1) is 0 Å². The second-order valence-electron chi connectivity index (χ2n) is 6.90. The van der Waals surface area contributed by atoms with Gasteiger partial charge in [-0.2, -0.15) is 10.2 Å². The van der Waals surface area contributed by atoms with Crippen LogP contribution in [0.5, 0.6) is 11.5 Å². The van der Waals surface area contributed by atoms with Crippen molar-refractivity contribution in [2.24, 2.45) is 5.10 Å². The molecule has 4 aromatic rings. The average Bonchev–Trinajstić information content (AvgIpc) is 3.31. The minimum Gasteiger partial charge on any atom is -0.508 e. The third kappa shape index (κ3) is 5.53. The van der Waals surface area contributed by atoms with E-state index in [0.717, 1.165) is 16.7 Å². The van der Waals surface area contributed by atoms with E-state index >= 15 is 0 Å². The molecule has 3 aromatic carbocycles. The van der Waals surface area contributed by atoms with Gasteiger partial charge in [0.15, 0.2) is 0 Å². The first kappa shape index (κ1) is 21.1. The summed E-state index contributed by atoms with van der Waals surface area (Å²) >= 11 is 5.91. The van der Waals surface area contributed by atoms with Gasteiger partial charge in [0.05, 0.1) is 11.9 Å². The monoisotopic (exact) mass is 446 g/mol. The summed E-state index contributed by atoms with van der Waals surface area (Å²) in [6, 6.07) is 23.0. The quantitative estimate of drug-likeness (QED) is 0.281. The molecule has 32 heavy (non-hydrogen) atoms. The number of amides is 1. The number of benzene rings is 3. The first-order chi connectivity index (χ1) is 15.6. The Bertz CT molecular complexity index is 1230. The van der Waals surface area contributed by atoms with Crippen LogP contribution in [0.15, 0.2) is 84.0 Å². The van der Waals surface area contributed by atoms with Gasteiger partial charge in [0, 0.05) is 10.6 Å². The summed E-state index contributed by atoms with van der Waals surface area (Å²) in [6.07, 6.45) is 1.48. The lowest BCUT2D eigenvalue weighted by molar-refractivity contribution is 0.0950. The van der Waals surface area contributed by atoms with Gasteiger partial charge >= 0.3 is 0 Å². The summed E-state index contributed by atoms with van der Waals surface area (Å²) in [7, 11) is 0. The molecule has 0 bridgehead atoms. The second-order valence-corrected chi connectivity index (χ2v) is 7.34. The van der Waals surface area contributed by atoms with Crippen LogP contribution < -0.4 is 10.2 Å². The Labute approximate surface area is 189 Å². The van der Waals surface area contributed by atoms with Crippen LogP contribution >= 0.6 is 11.6 Å². The number of phenolic OH excluding ortho intramolecular Hbond substituents is 1. The van der Waals surface area contributed by atoms with Crippen LogP contribution in [0, 0.1) is 0 Å². The number of nitrogens with one attached hydrogen (secondary N) is 2. The fourth-order valence-corrected chi connectivity index (χ4v) is 2.99. The largest absolute Gasteiger partial charge is 0.508 e. The predicted octanol–water partition coefficient (Wildman–Crippen LogP) is 4.78. The molecule has 0 aliphatic heterocycles. The summed E-state index contributed by atoms with van der Waals surface area (Å²) in [4.78, 5) is 12.3. The maximum atomic E-state index is 12.3. The molecule has 7 nitrogen and oxygen atoms in total. The topological polar surface area (TPSA) is 99.6 Å². The number of rotatable bonds is 7. The molecule has 160 valence electrons. The smallest absolute Gasteiger partial charge is 0.289 e. The molecule has 0 aliphatic rings. The van der Waals surface area contributed by atoms with Gasteiger partial charge in [0.25, 0.3) is 5.91 Å². The fraction of sp³-hybridized carbons (Fsp3) is 0.0417. The Balaban J connectivity index is 1.38. The molecular weight excluding hydrogens is 428 g/mol. The first-order valence-corrected chi connectivity index (χ1v) is 10.1. The molecule has 0 atom stereocenters. The zero-order valence-corrected chi connectivity index (χ0v) is 17.6. The number of carbonyl (C=O) groups is 1. The van der Waals surface area contributed by atoms with Crippen molar-refractivity contribution in [1.29, 1.82) is 0 Å². The second kappa shape index (κ2) is 9.80. The molecule has 0 saturated carbocycles. The van der Waals surface area contributed by atoms with E-state index in [2.05, 4.69) is 20.7 Å². The molecule has 1 amide bonds. The van der Waals surface area contributed by atoms with Gasteiger partial charge in [-0.25, -0.2) is 5.43 Å². The zero-order valence-electron chi connectivity index (χ0n) is 16.8. The molecule has 1 heterocycles. The number of ether oxygens (including phenoxy) is 1. The Morgan fingerprint density at radius 1 is 1.09 bits per heavy atom. The number of hydrazone groups is 1. The van der Waals surface area contributed by atoms with Crippen LogP contribution in [0.3, 0.4) is 0 Å². The lowest BCUT2D eigenvalue weighted by Gasteiger charge is -2.07. The summed E-state index contributed by atoms with van der Waals surface area (Å²) in [6.45, 7) is 0.411.